The van der Waals surface area contributed by atoms with Crippen LogP contribution < -0.4 is 15.7 Å². The highest BCUT2D eigenvalue weighted by Gasteiger charge is 2.18. The molecule has 3 heterocycles. The van der Waals surface area contributed by atoms with E-state index in [0.29, 0.717) is 29.0 Å². The second kappa shape index (κ2) is 5.77. The van der Waals surface area contributed by atoms with Crippen molar-refractivity contribution in [1.29, 1.82) is 0 Å². The van der Waals surface area contributed by atoms with E-state index in [1.54, 1.807) is 25.4 Å². The molecule has 0 saturated carbocycles. The molecule has 0 fully saturated rings. The van der Waals surface area contributed by atoms with Crippen LogP contribution in [0.1, 0.15) is 10.4 Å². The zero-order chi connectivity index (χ0) is 16.5. The second-order valence-electron chi connectivity index (χ2n) is 5.35. The molecule has 0 atom stereocenters. The number of ether oxygens (including phenoxy) is 1. The van der Waals surface area contributed by atoms with Crippen LogP contribution in [0, 0.1) is 0 Å². The van der Waals surface area contributed by atoms with Gasteiger partial charge in [0.1, 0.15) is 17.1 Å². The Bertz CT molecular complexity index is 995. The normalized spacial score (nSPS) is 13.6. The molecule has 1 N–H and O–H groups in total. The van der Waals surface area contributed by atoms with Crippen LogP contribution in [0.4, 0.5) is 5.82 Å². The molecule has 4 rings (SSSR count). The molecule has 1 aliphatic heterocycles. The van der Waals surface area contributed by atoms with Gasteiger partial charge in [-0.3, -0.25) is 14.3 Å². The van der Waals surface area contributed by atoms with Crippen LogP contribution in [0.5, 0.6) is 5.75 Å². The Morgan fingerprint density at radius 3 is 3.04 bits per heavy atom. The van der Waals surface area contributed by atoms with Crippen LogP contribution in [-0.2, 0) is 6.54 Å². The average Bonchev–Trinajstić information content (AvgIpc) is 3.12. The van der Waals surface area contributed by atoms with Crippen molar-refractivity contribution in [3.05, 3.63) is 53.9 Å². The fraction of sp³-hybridized carbons (Fsp3) is 0.176. The van der Waals surface area contributed by atoms with Gasteiger partial charge >= 0.3 is 0 Å². The Morgan fingerprint density at radius 1 is 1.33 bits per heavy atom. The summed E-state index contributed by atoms with van der Waals surface area (Å²) in [6.07, 6.45) is 3.11. The second-order valence-corrected chi connectivity index (χ2v) is 5.35. The SMILES string of the molecule is COc1cccc2c3n(c(=NC(=O)c4cccnc4)nc12)CCN3. The number of nitrogens with zero attached hydrogens (tertiary/aromatic N) is 4. The molecular weight excluding hydrogens is 306 g/mol. The number of nitrogens with one attached hydrogen (secondary N) is 1. The van der Waals surface area contributed by atoms with E-state index < -0.39 is 0 Å². The minimum atomic E-state index is -0.369. The number of carbonyl (C=O) groups excluding carboxylic acids is 1. The zero-order valence-corrected chi connectivity index (χ0v) is 13.1. The summed E-state index contributed by atoms with van der Waals surface area (Å²) in [5.74, 6) is 1.18. The molecule has 0 radical (unpaired) electrons. The van der Waals surface area contributed by atoms with Crippen LogP contribution in [-0.4, -0.2) is 34.1 Å². The Morgan fingerprint density at radius 2 is 2.25 bits per heavy atom. The van der Waals surface area contributed by atoms with Gasteiger partial charge in [-0.15, -0.1) is 0 Å². The standard InChI is InChI=1S/C17H15N5O2/c1-24-13-6-2-5-12-14(13)20-17(22-9-8-19-15(12)22)21-16(23)11-4-3-7-18-10-11/h2-7,10,19H,8-9H2,1H3. The van der Waals surface area contributed by atoms with Gasteiger partial charge in [-0.2, -0.15) is 4.99 Å². The summed E-state index contributed by atoms with van der Waals surface area (Å²) in [5.41, 5.74) is 1.47. The first-order valence-corrected chi connectivity index (χ1v) is 7.58. The Balaban J connectivity index is 1.96. The predicted molar refractivity (Wildman–Crippen MR) is 88.9 cm³/mol. The number of carbonyl (C=O) groups is 1. The van der Waals surface area contributed by atoms with E-state index in [9.17, 15) is 4.79 Å². The highest BCUT2D eigenvalue weighted by Crippen LogP contribution is 2.29. The van der Waals surface area contributed by atoms with E-state index >= 15 is 0 Å². The van der Waals surface area contributed by atoms with Gasteiger partial charge in [-0.25, -0.2) is 4.98 Å². The quantitative estimate of drug-likeness (QED) is 0.775. The topological polar surface area (TPSA) is 81.4 Å². The van der Waals surface area contributed by atoms with Gasteiger partial charge in [-0.05, 0) is 24.3 Å². The number of anilines is 1. The van der Waals surface area contributed by atoms with E-state index in [0.717, 1.165) is 17.7 Å². The summed E-state index contributed by atoms with van der Waals surface area (Å²) >= 11 is 0. The van der Waals surface area contributed by atoms with Crippen molar-refractivity contribution in [3.8, 4) is 5.75 Å². The number of methoxy groups -OCH3 is 1. The molecule has 120 valence electrons. The number of aromatic nitrogens is 3. The molecule has 2 aromatic heterocycles. The lowest BCUT2D eigenvalue weighted by Crippen LogP contribution is -2.25. The first-order chi connectivity index (χ1) is 11.8. The number of para-hydroxylation sites is 1. The largest absolute Gasteiger partial charge is 0.494 e. The summed E-state index contributed by atoms with van der Waals surface area (Å²) in [7, 11) is 1.60. The molecule has 0 saturated heterocycles. The van der Waals surface area contributed by atoms with Crippen LogP contribution in [0.15, 0.2) is 47.7 Å². The lowest BCUT2D eigenvalue weighted by molar-refractivity contribution is 0.0996. The molecule has 0 unspecified atom stereocenters. The lowest BCUT2D eigenvalue weighted by atomic mass is 10.2. The van der Waals surface area contributed by atoms with E-state index in [1.165, 1.54) is 6.20 Å². The lowest BCUT2D eigenvalue weighted by Gasteiger charge is -2.10. The molecule has 7 nitrogen and oxygen atoms in total. The third kappa shape index (κ3) is 2.30. The fourth-order valence-corrected chi connectivity index (χ4v) is 2.82. The van der Waals surface area contributed by atoms with Crippen molar-refractivity contribution in [2.24, 2.45) is 4.99 Å². The number of hydrogen-bond acceptors (Lipinski definition) is 5. The van der Waals surface area contributed by atoms with E-state index in [1.807, 2.05) is 22.8 Å². The van der Waals surface area contributed by atoms with Gasteiger partial charge in [0.15, 0.2) is 0 Å². The number of hydrogen-bond donors (Lipinski definition) is 1. The van der Waals surface area contributed by atoms with Gasteiger partial charge in [-0.1, -0.05) is 6.07 Å². The van der Waals surface area contributed by atoms with Crippen molar-refractivity contribution in [3.63, 3.8) is 0 Å². The first kappa shape index (κ1) is 14.4. The molecule has 0 spiro atoms. The molecule has 1 amide bonds. The van der Waals surface area contributed by atoms with Crippen molar-refractivity contribution < 1.29 is 9.53 Å². The van der Waals surface area contributed by atoms with E-state index in [2.05, 4.69) is 20.3 Å². The van der Waals surface area contributed by atoms with Gasteiger partial charge in [0.25, 0.3) is 5.91 Å². The molecule has 0 aliphatic carbocycles. The number of fused-ring (bicyclic) bond motifs is 3. The van der Waals surface area contributed by atoms with Gasteiger partial charge < -0.3 is 10.1 Å². The third-order valence-electron chi connectivity index (χ3n) is 3.94. The van der Waals surface area contributed by atoms with Crippen molar-refractivity contribution in [2.45, 2.75) is 6.54 Å². The number of pyridine rings is 1. The summed E-state index contributed by atoms with van der Waals surface area (Å²) in [6.45, 7) is 1.47. The maximum Gasteiger partial charge on any atom is 0.281 e. The molecule has 3 aromatic rings. The molecule has 7 heteroatoms. The highest BCUT2D eigenvalue weighted by atomic mass is 16.5. The number of rotatable bonds is 2. The van der Waals surface area contributed by atoms with E-state index in [-0.39, 0.29) is 5.91 Å². The number of amides is 1. The van der Waals surface area contributed by atoms with Crippen LogP contribution >= 0.6 is 0 Å². The monoisotopic (exact) mass is 321 g/mol. The average molecular weight is 321 g/mol. The van der Waals surface area contributed by atoms with Crippen molar-refractivity contribution in [1.82, 2.24) is 14.5 Å². The van der Waals surface area contributed by atoms with Crippen LogP contribution in [0.2, 0.25) is 0 Å². The van der Waals surface area contributed by atoms with Gasteiger partial charge in [0.05, 0.1) is 12.7 Å². The first-order valence-electron chi connectivity index (χ1n) is 7.58. The zero-order valence-electron chi connectivity index (χ0n) is 13.1. The minimum absolute atomic E-state index is 0.362. The molecule has 1 aromatic carbocycles. The van der Waals surface area contributed by atoms with Crippen LogP contribution in [0.3, 0.4) is 0 Å². The Kier molecular flexibility index (Phi) is 3.45. The van der Waals surface area contributed by atoms with E-state index in [4.69, 9.17) is 4.74 Å². The maximum atomic E-state index is 12.4. The highest BCUT2D eigenvalue weighted by molar-refractivity contribution is 5.95. The Hall–Kier alpha value is -3.22. The third-order valence-corrected chi connectivity index (χ3v) is 3.94. The molecule has 24 heavy (non-hydrogen) atoms. The molecular formula is C17H15N5O2. The smallest absolute Gasteiger partial charge is 0.281 e. The van der Waals surface area contributed by atoms with Crippen molar-refractivity contribution >= 4 is 22.6 Å². The molecule has 0 bridgehead atoms. The summed E-state index contributed by atoms with van der Waals surface area (Å²) in [6, 6.07) is 9.12. The predicted octanol–water partition coefficient (Wildman–Crippen LogP) is 1.61. The summed E-state index contributed by atoms with van der Waals surface area (Å²) in [5, 5.41) is 4.28. The minimum Gasteiger partial charge on any atom is -0.494 e. The van der Waals surface area contributed by atoms with Gasteiger partial charge in [0.2, 0.25) is 5.62 Å². The number of benzene rings is 1. The Labute approximate surface area is 137 Å². The van der Waals surface area contributed by atoms with Gasteiger partial charge in [0, 0.05) is 30.9 Å². The molecule has 1 aliphatic rings. The van der Waals surface area contributed by atoms with Crippen molar-refractivity contribution in [2.75, 3.05) is 19.0 Å². The van der Waals surface area contributed by atoms with Crippen LogP contribution in [0.25, 0.3) is 10.9 Å². The fourth-order valence-electron chi connectivity index (χ4n) is 2.82. The summed E-state index contributed by atoms with van der Waals surface area (Å²) < 4.78 is 7.31. The summed E-state index contributed by atoms with van der Waals surface area (Å²) in [4.78, 5) is 25.1. The maximum absolute atomic E-state index is 12.4.